The van der Waals surface area contributed by atoms with Crippen LogP contribution < -0.4 is 9.47 Å². The first-order chi connectivity index (χ1) is 16.3. The van der Waals surface area contributed by atoms with Crippen molar-refractivity contribution in [1.29, 1.82) is 0 Å². The number of nitrogens with zero attached hydrogens (tertiary/aromatic N) is 5. The van der Waals surface area contributed by atoms with Crippen LogP contribution in [0.4, 0.5) is 0 Å². The standard InChI is InChI=1S/C23H25N5O4S/c1-29-16-10-11-17(19(13-16)30-2)21-24-20(32-27-21)14-33-23-26-25-22(18-9-6-12-31-18)28(23)15-7-4-3-5-8-15/h6,9-13,15H,3-5,7-8,14H2,1-2H3. The smallest absolute Gasteiger partial charge is 0.237 e. The third-order valence-corrected chi connectivity index (χ3v) is 6.72. The van der Waals surface area contributed by atoms with E-state index in [-0.39, 0.29) is 0 Å². The predicted octanol–water partition coefficient (Wildman–Crippen LogP) is 5.40. The summed E-state index contributed by atoms with van der Waals surface area (Å²) < 4.78 is 24.1. The SMILES string of the molecule is COc1ccc(-c2noc(CSc3nnc(-c4ccco4)n3C3CCCCC3)n2)c(OC)c1. The lowest BCUT2D eigenvalue weighted by Gasteiger charge is -2.25. The zero-order valence-corrected chi connectivity index (χ0v) is 19.4. The third-order valence-electron chi connectivity index (χ3n) is 5.79. The topological polar surface area (TPSA) is 101 Å². The lowest BCUT2D eigenvalue weighted by Crippen LogP contribution is -2.15. The molecule has 1 aliphatic rings. The van der Waals surface area contributed by atoms with E-state index < -0.39 is 0 Å². The molecular weight excluding hydrogens is 442 g/mol. The molecule has 33 heavy (non-hydrogen) atoms. The lowest BCUT2D eigenvalue weighted by atomic mass is 9.95. The molecule has 0 saturated heterocycles. The molecule has 1 aromatic carbocycles. The molecule has 3 aromatic heterocycles. The number of hydrogen-bond acceptors (Lipinski definition) is 9. The third kappa shape index (κ3) is 4.47. The van der Waals surface area contributed by atoms with Crippen LogP contribution >= 0.6 is 11.8 Å². The fourth-order valence-electron chi connectivity index (χ4n) is 4.15. The van der Waals surface area contributed by atoms with Gasteiger partial charge in [0.15, 0.2) is 10.9 Å². The van der Waals surface area contributed by atoms with Crippen molar-refractivity contribution in [2.45, 2.75) is 49.1 Å². The van der Waals surface area contributed by atoms with Crippen LogP contribution in [0.5, 0.6) is 11.5 Å². The van der Waals surface area contributed by atoms with Gasteiger partial charge in [-0.3, -0.25) is 4.57 Å². The van der Waals surface area contributed by atoms with Gasteiger partial charge in [0, 0.05) is 12.1 Å². The van der Waals surface area contributed by atoms with Crippen LogP contribution in [0.25, 0.3) is 23.0 Å². The van der Waals surface area contributed by atoms with Gasteiger partial charge in [-0.15, -0.1) is 10.2 Å². The summed E-state index contributed by atoms with van der Waals surface area (Å²) in [5.41, 5.74) is 0.740. The van der Waals surface area contributed by atoms with Crippen molar-refractivity contribution in [3.63, 3.8) is 0 Å². The van der Waals surface area contributed by atoms with Gasteiger partial charge in [-0.2, -0.15) is 4.98 Å². The summed E-state index contributed by atoms with van der Waals surface area (Å²) >= 11 is 1.54. The lowest BCUT2D eigenvalue weighted by molar-refractivity contribution is 0.337. The first-order valence-electron chi connectivity index (χ1n) is 10.9. The van der Waals surface area contributed by atoms with Crippen LogP contribution in [0.2, 0.25) is 0 Å². The number of aromatic nitrogens is 5. The van der Waals surface area contributed by atoms with Crippen molar-refractivity contribution in [1.82, 2.24) is 24.9 Å². The molecule has 0 bridgehead atoms. The number of methoxy groups -OCH3 is 2. The monoisotopic (exact) mass is 467 g/mol. The second-order valence-electron chi connectivity index (χ2n) is 7.81. The van der Waals surface area contributed by atoms with E-state index in [2.05, 4.69) is 24.9 Å². The number of benzene rings is 1. The van der Waals surface area contributed by atoms with E-state index in [4.69, 9.17) is 18.4 Å². The van der Waals surface area contributed by atoms with Crippen molar-refractivity contribution in [3.05, 3.63) is 42.5 Å². The summed E-state index contributed by atoms with van der Waals surface area (Å²) in [6, 6.07) is 9.64. The van der Waals surface area contributed by atoms with Crippen LogP contribution in [0, 0.1) is 0 Å². The molecule has 0 spiro atoms. The Morgan fingerprint density at radius 1 is 1.09 bits per heavy atom. The van der Waals surface area contributed by atoms with Gasteiger partial charge in [-0.25, -0.2) is 0 Å². The molecule has 5 rings (SSSR count). The van der Waals surface area contributed by atoms with Crippen molar-refractivity contribution >= 4 is 11.8 Å². The second kappa shape index (κ2) is 9.70. The molecule has 1 fully saturated rings. The highest BCUT2D eigenvalue weighted by molar-refractivity contribution is 7.98. The first-order valence-corrected chi connectivity index (χ1v) is 11.9. The van der Waals surface area contributed by atoms with Gasteiger partial charge in [0.1, 0.15) is 11.5 Å². The summed E-state index contributed by atoms with van der Waals surface area (Å²) in [6.07, 6.45) is 7.58. The van der Waals surface area contributed by atoms with Gasteiger partial charge >= 0.3 is 0 Å². The minimum Gasteiger partial charge on any atom is -0.497 e. The summed E-state index contributed by atoms with van der Waals surface area (Å²) in [7, 11) is 3.21. The van der Waals surface area contributed by atoms with E-state index >= 15 is 0 Å². The van der Waals surface area contributed by atoms with Gasteiger partial charge < -0.3 is 18.4 Å². The molecule has 9 nitrogen and oxygen atoms in total. The Hall–Kier alpha value is -3.27. The molecule has 0 amide bonds. The Morgan fingerprint density at radius 3 is 2.73 bits per heavy atom. The zero-order valence-electron chi connectivity index (χ0n) is 18.6. The maximum absolute atomic E-state index is 5.62. The Bertz CT molecular complexity index is 1200. The van der Waals surface area contributed by atoms with Crippen LogP contribution in [-0.4, -0.2) is 39.1 Å². The van der Waals surface area contributed by atoms with E-state index in [1.807, 2.05) is 24.3 Å². The maximum Gasteiger partial charge on any atom is 0.237 e. The average molecular weight is 468 g/mol. The molecule has 0 aliphatic heterocycles. The molecule has 172 valence electrons. The van der Waals surface area contributed by atoms with E-state index in [1.165, 1.54) is 31.0 Å². The number of hydrogen-bond donors (Lipinski definition) is 0. The molecule has 0 radical (unpaired) electrons. The van der Waals surface area contributed by atoms with Crippen molar-refractivity contribution < 1.29 is 18.4 Å². The number of furan rings is 1. The molecule has 10 heteroatoms. The molecule has 0 N–H and O–H groups in total. The normalized spacial score (nSPS) is 14.5. The van der Waals surface area contributed by atoms with Crippen molar-refractivity contribution in [3.8, 4) is 34.5 Å². The quantitative estimate of drug-likeness (QED) is 0.315. The highest BCUT2D eigenvalue weighted by Crippen LogP contribution is 2.37. The second-order valence-corrected chi connectivity index (χ2v) is 8.75. The minimum atomic E-state index is 0.359. The largest absolute Gasteiger partial charge is 0.497 e. The van der Waals surface area contributed by atoms with E-state index in [9.17, 15) is 0 Å². The molecular formula is C23H25N5O4S. The summed E-state index contributed by atoms with van der Waals surface area (Å²) in [6.45, 7) is 0. The summed E-state index contributed by atoms with van der Waals surface area (Å²) in [5.74, 6) is 4.27. The fraction of sp³-hybridized carbons (Fsp3) is 0.391. The Balaban J connectivity index is 1.37. The maximum atomic E-state index is 5.62. The Labute approximate surface area is 195 Å². The predicted molar refractivity (Wildman–Crippen MR) is 122 cm³/mol. The van der Waals surface area contributed by atoms with Crippen LogP contribution in [0.15, 0.2) is 50.7 Å². The highest BCUT2D eigenvalue weighted by atomic mass is 32.2. The number of ether oxygens (including phenoxy) is 2. The van der Waals surface area contributed by atoms with Crippen LogP contribution in [0.3, 0.4) is 0 Å². The summed E-state index contributed by atoms with van der Waals surface area (Å²) in [4.78, 5) is 4.56. The van der Waals surface area contributed by atoms with Gasteiger partial charge in [-0.05, 0) is 37.1 Å². The Kier molecular flexibility index (Phi) is 6.34. The highest BCUT2D eigenvalue weighted by Gasteiger charge is 2.25. The van der Waals surface area contributed by atoms with E-state index in [0.29, 0.717) is 35.0 Å². The summed E-state index contributed by atoms with van der Waals surface area (Å²) in [5, 5.41) is 13.9. The zero-order chi connectivity index (χ0) is 22.6. The number of thioether (sulfide) groups is 1. The number of rotatable bonds is 8. The fourth-order valence-corrected chi connectivity index (χ4v) is 4.99. The first kappa shape index (κ1) is 21.6. The van der Waals surface area contributed by atoms with Crippen molar-refractivity contribution in [2.24, 2.45) is 0 Å². The van der Waals surface area contributed by atoms with Crippen LogP contribution in [-0.2, 0) is 5.75 Å². The van der Waals surface area contributed by atoms with Gasteiger partial charge in [0.05, 0.1) is 31.8 Å². The minimum absolute atomic E-state index is 0.359. The van der Waals surface area contributed by atoms with Gasteiger partial charge in [-0.1, -0.05) is 36.2 Å². The molecule has 0 unspecified atom stereocenters. The van der Waals surface area contributed by atoms with E-state index in [0.717, 1.165) is 35.1 Å². The molecule has 3 heterocycles. The van der Waals surface area contributed by atoms with Crippen molar-refractivity contribution in [2.75, 3.05) is 14.2 Å². The van der Waals surface area contributed by atoms with Gasteiger partial charge in [0.2, 0.25) is 17.5 Å². The molecule has 1 saturated carbocycles. The van der Waals surface area contributed by atoms with E-state index in [1.54, 1.807) is 26.5 Å². The van der Waals surface area contributed by atoms with Gasteiger partial charge in [0.25, 0.3) is 0 Å². The molecule has 0 atom stereocenters. The Morgan fingerprint density at radius 2 is 1.97 bits per heavy atom. The molecule has 1 aliphatic carbocycles. The van der Waals surface area contributed by atoms with Crippen LogP contribution in [0.1, 0.15) is 44.0 Å². The average Bonchev–Trinajstić information content (AvgIpc) is 3.63. The molecule has 4 aromatic rings.